The van der Waals surface area contributed by atoms with Gasteiger partial charge < -0.3 is 14.4 Å². The number of hydrogen-bond acceptors (Lipinski definition) is 3. The maximum atomic E-state index is 12.3. The van der Waals surface area contributed by atoms with Gasteiger partial charge in [0, 0.05) is 26.1 Å². The highest BCUT2D eigenvalue weighted by Gasteiger charge is 2.38. The lowest BCUT2D eigenvalue weighted by Gasteiger charge is -2.26. The standard InChI is InChI=1S/C17H23NO3/c1-20-15-5-3-14(4-6-15)13-18-11-10-17(8-2-12-21-17)9-7-16(18)19/h3-6H,2,7-13H2,1H3/t17-/m1/s1. The Morgan fingerprint density at radius 3 is 2.71 bits per heavy atom. The third-order valence-corrected chi connectivity index (χ3v) is 4.70. The van der Waals surface area contributed by atoms with E-state index in [0.29, 0.717) is 13.0 Å². The predicted octanol–water partition coefficient (Wildman–Crippen LogP) is 2.76. The first-order chi connectivity index (χ1) is 10.2. The molecule has 1 aromatic rings. The van der Waals surface area contributed by atoms with Gasteiger partial charge in [0.1, 0.15) is 5.75 Å². The Balaban J connectivity index is 1.65. The first-order valence-corrected chi connectivity index (χ1v) is 7.75. The van der Waals surface area contributed by atoms with Crippen LogP contribution in [0.15, 0.2) is 24.3 Å². The second-order valence-corrected chi connectivity index (χ2v) is 6.05. The molecule has 1 spiro atoms. The number of ether oxygens (including phenoxy) is 2. The van der Waals surface area contributed by atoms with E-state index >= 15 is 0 Å². The molecule has 0 bridgehead atoms. The molecule has 0 saturated carbocycles. The smallest absolute Gasteiger partial charge is 0.222 e. The minimum Gasteiger partial charge on any atom is -0.497 e. The third kappa shape index (κ3) is 3.21. The minimum atomic E-state index is -0.0235. The Morgan fingerprint density at radius 1 is 1.24 bits per heavy atom. The van der Waals surface area contributed by atoms with Crippen molar-refractivity contribution >= 4 is 5.91 Å². The molecule has 0 unspecified atom stereocenters. The van der Waals surface area contributed by atoms with Gasteiger partial charge in [0.15, 0.2) is 0 Å². The molecule has 0 radical (unpaired) electrons. The molecule has 2 aliphatic rings. The average Bonchev–Trinajstić information content (AvgIpc) is 2.93. The fourth-order valence-corrected chi connectivity index (χ4v) is 3.35. The largest absolute Gasteiger partial charge is 0.497 e. The number of rotatable bonds is 3. The van der Waals surface area contributed by atoms with Crippen LogP contribution in [0.25, 0.3) is 0 Å². The van der Waals surface area contributed by atoms with E-state index in [1.54, 1.807) is 7.11 Å². The first kappa shape index (κ1) is 14.4. The van der Waals surface area contributed by atoms with Crippen molar-refractivity contribution in [2.24, 2.45) is 0 Å². The van der Waals surface area contributed by atoms with Crippen LogP contribution in [0.2, 0.25) is 0 Å². The van der Waals surface area contributed by atoms with Gasteiger partial charge in [0.25, 0.3) is 0 Å². The Labute approximate surface area is 126 Å². The zero-order valence-corrected chi connectivity index (χ0v) is 12.6. The topological polar surface area (TPSA) is 38.8 Å². The number of hydrogen-bond donors (Lipinski definition) is 0. The van der Waals surface area contributed by atoms with Crippen molar-refractivity contribution in [2.75, 3.05) is 20.3 Å². The summed E-state index contributed by atoms with van der Waals surface area (Å²) in [6, 6.07) is 7.94. The second kappa shape index (κ2) is 6.06. The van der Waals surface area contributed by atoms with E-state index in [-0.39, 0.29) is 11.5 Å². The van der Waals surface area contributed by atoms with E-state index in [2.05, 4.69) is 0 Å². The fraction of sp³-hybridized carbons (Fsp3) is 0.588. The van der Waals surface area contributed by atoms with Crippen molar-refractivity contribution in [3.8, 4) is 5.75 Å². The van der Waals surface area contributed by atoms with Crippen LogP contribution in [0.4, 0.5) is 0 Å². The molecule has 3 rings (SSSR count). The van der Waals surface area contributed by atoms with Gasteiger partial charge in [-0.25, -0.2) is 0 Å². The van der Waals surface area contributed by atoms with Crippen molar-refractivity contribution in [1.29, 1.82) is 0 Å². The van der Waals surface area contributed by atoms with Gasteiger partial charge in [-0.15, -0.1) is 0 Å². The summed E-state index contributed by atoms with van der Waals surface area (Å²) >= 11 is 0. The molecule has 21 heavy (non-hydrogen) atoms. The Hall–Kier alpha value is -1.55. The molecule has 4 heteroatoms. The number of methoxy groups -OCH3 is 1. The van der Waals surface area contributed by atoms with Crippen molar-refractivity contribution in [2.45, 2.75) is 44.2 Å². The van der Waals surface area contributed by atoms with Crippen molar-refractivity contribution in [3.05, 3.63) is 29.8 Å². The van der Waals surface area contributed by atoms with Gasteiger partial charge in [0.2, 0.25) is 5.91 Å². The van der Waals surface area contributed by atoms with E-state index in [1.807, 2.05) is 29.2 Å². The molecule has 0 aliphatic carbocycles. The molecule has 1 atom stereocenters. The van der Waals surface area contributed by atoms with Crippen LogP contribution in [0.3, 0.4) is 0 Å². The number of carbonyl (C=O) groups is 1. The number of benzene rings is 1. The van der Waals surface area contributed by atoms with Crippen molar-refractivity contribution in [1.82, 2.24) is 4.90 Å². The Morgan fingerprint density at radius 2 is 2.05 bits per heavy atom. The van der Waals surface area contributed by atoms with Crippen LogP contribution in [0.1, 0.15) is 37.7 Å². The zero-order valence-electron chi connectivity index (χ0n) is 12.6. The summed E-state index contributed by atoms with van der Waals surface area (Å²) in [6.45, 7) is 2.33. The van der Waals surface area contributed by atoms with Gasteiger partial charge in [-0.3, -0.25) is 4.79 Å². The van der Waals surface area contributed by atoms with E-state index in [0.717, 1.165) is 50.1 Å². The van der Waals surface area contributed by atoms with Crippen LogP contribution >= 0.6 is 0 Å². The molecule has 2 fully saturated rings. The van der Waals surface area contributed by atoms with Crippen LogP contribution < -0.4 is 4.74 Å². The Kier molecular flexibility index (Phi) is 4.15. The molecule has 4 nitrogen and oxygen atoms in total. The quantitative estimate of drug-likeness (QED) is 0.859. The molecule has 0 aromatic heterocycles. The van der Waals surface area contributed by atoms with E-state index in [4.69, 9.17) is 9.47 Å². The second-order valence-electron chi connectivity index (χ2n) is 6.05. The highest BCUT2D eigenvalue weighted by atomic mass is 16.5. The van der Waals surface area contributed by atoms with Gasteiger partial charge in [-0.05, 0) is 43.4 Å². The van der Waals surface area contributed by atoms with Crippen LogP contribution in [-0.2, 0) is 16.1 Å². The minimum absolute atomic E-state index is 0.0235. The molecule has 2 aliphatic heterocycles. The number of nitrogens with zero attached hydrogens (tertiary/aromatic N) is 1. The molecule has 2 heterocycles. The van der Waals surface area contributed by atoms with Gasteiger partial charge in [0.05, 0.1) is 12.7 Å². The molecule has 0 N–H and O–H groups in total. The normalized spacial score (nSPS) is 26.1. The highest BCUT2D eigenvalue weighted by Crippen LogP contribution is 2.36. The summed E-state index contributed by atoms with van der Waals surface area (Å²) in [5.74, 6) is 1.09. The molecule has 1 aromatic carbocycles. The maximum Gasteiger partial charge on any atom is 0.222 e. The SMILES string of the molecule is COc1ccc(CN2CC[C@@]3(CCCO3)CCC2=O)cc1. The summed E-state index contributed by atoms with van der Waals surface area (Å²) in [6.07, 6.45) is 4.69. The molecular weight excluding hydrogens is 266 g/mol. The number of likely N-dealkylation sites (tertiary alicyclic amines) is 1. The van der Waals surface area contributed by atoms with Crippen LogP contribution in [-0.4, -0.2) is 36.7 Å². The monoisotopic (exact) mass is 289 g/mol. The van der Waals surface area contributed by atoms with Gasteiger partial charge in [-0.1, -0.05) is 12.1 Å². The Bertz CT molecular complexity index is 491. The highest BCUT2D eigenvalue weighted by molar-refractivity contribution is 5.76. The number of carbonyl (C=O) groups excluding carboxylic acids is 1. The molecule has 1 amide bonds. The summed E-state index contributed by atoms with van der Waals surface area (Å²) in [7, 11) is 1.66. The molecule has 2 saturated heterocycles. The van der Waals surface area contributed by atoms with E-state index in [9.17, 15) is 4.79 Å². The van der Waals surface area contributed by atoms with E-state index in [1.165, 1.54) is 0 Å². The average molecular weight is 289 g/mol. The van der Waals surface area contributed by atoms with Crippen LogP contribution in [0, 0.1) is 0 Å². The first-order valence-electron chi connectivity index (χ1n) is 7.75. The predicted molar refractivity (Wildman–Crippen MR) is 80.2 cm³/mol. The molecular formula is C17H23NO3. The lowest BCUT2D eigenvalue weighted by Crippen LogP contribution is -2.32. The van der Waals surface area contributed by atoms with Gasteiger partial charge in [-0.2, -0.15) is 0 Å². The van der Waals surface area contributed by atoms with Crippen molar-refractivity contribution in [3.63, 3.8) is 0 Å². The van der Waals surface area contributed by atoms with Crippen LogP contribution in [0.5, 0.6) is 5.75 Å². The lowest BCUT2D eigenvalue weighted by atomic mass is 9.92. The maximum absolute atomic E-state index is 12.3. The van der Waals surface area contributed by atoms with Gasteiger partial charge >= 0.3 is 0 Å². The summed E-state index contributed by atoms with van der Waals surface area (Å²) in [4.78, 5) is 14.3. The third-order valence-electron chi connectivity index (χ3n) is 4.70. The van der Waals surface area contributed by atoms with Crippen molar-refractivity contribution < 1.29 is 14.3 Å². The number of amides is 1. The summed E-state index contributed by atoms with van der Waals surface area (Å²) in [5.41, 5.74) is 1.12. The lowest BCUT2D eigenvalue weighted by molar-refractivity contribution is -0.131. The summed E-state index contributed by atoms with van der Waals surface area (Å²) in [5, 5.41) is 0. The zero-order chi connectivity index (χ0) is 14.7. The fourth-order valence-electron chi connectivity index (χ4n) is 3.35. The molecule has 114 valence electrons. The summed E-state index contributed by atoms with van der Waals surface area (Å²) < 4.78 is 11.1. The van der Waals surface area contributed by atoms with E-state index < -0.39 is 0 Å².